The van der Waals surface area contributed by atoms with E-state index in [-0.39, 0.29) is 5.92 Å². The van der Waals surface area contributed by atoms with Crippen LogP contribution in [0.4, 0.5) is 0 Å². The van der Waals surface area contributed by atoms with Crippen LogP contribution in [0.5, 0.6) is 11.5 Å². The van der Waals surface area contributed by atoms with Gasteiger partial charge in [-0.25, -0.2) is 0 Å². The summed E-state index contributed by atoms with van der Waals surface area (Å²) in [6.07, 6.45) is 2.62. The summed E-state index contributed by atoms with van der Waals surface area (Å²) in [6.45, 7) is 0.562. The maximum Gasteiger partial charge on any atom is 0.160 e. The van der Waals surface area contributed by atoms with Gasteiger partial charge in [0, 0.05) is 17.8 Å². The zero-order valence-electron chi connectivity index (χ0n) is 11.9. The van der Waals surface area contributed by atoms with Gasteiger partial charge in [0.2, 0.25) is 0 Å². The highest BCUT2D eigenvalue weighted by Crippen LogP contribution is 2.31. The number of hydrogen-bond donors (Lipinski definition) is 1. The minimum absolute atomic E-state index is 0.213. The van der Waals surface area contributed by atoms with E-state index in [1.807, 2.05) is 36.4 Å². The predicted octanol–water partition coefficient (Wildman–Crippen LogP) is 2.38. The smallest absolute Gasteiger partial charge is 0.160 e. The number of benzene rings is 1. The lowest BCUT2D eigenvalue weighted by Crippen LogP contribution is -2.15. The van der Waals surface area contributed by atoms with Gasteiger partial charge in [-0.15, -0.1) is 0 Å². The molecule has 0 amide bonds. The summed E-state index contributed by atoms with van der Waals surface area (Å²) in [7, 11) is 3.27. The zero-order valence-corrected chi connectivity index (χ0v) is 11.9. The number of methoxy groups -OCH3 is 2. The van der Waals surface area contributed by atoms with Gasteiger partial charge in [0.25, 0.3) is 0 Å². The van der Waals surface area contributed by atoms with Gasteiger partial charge in [0.1, 0.15) is 0 Å². The fraction of sp³-hybridized carbons (Fsp3) is 0.312. The van der Waals surface area contributed by atoms with Crippen LogP contribution in [-0.4, -0.2) is 25.7 Å². The molecule has 0 aliphatic heterocycles. The summed E-state index contributed by atoms with van der Waals surface area (Å²) < 4.78 is 10.6. The number of ether oxygens (including phenoxy) is 2. The van der Waals surface area contributed by atoms with E-state index in [0.717, 1.165) is 29.2 Å². The number of hydrogen-bond acceptors (Lipinski definition) is 4. The first-order valence-electron chi connectivity index (χ1n) is 6.60. The second-order valence-corrected chi connectivity index (χ2v) is 4.57. The van der Waals surface area contributed by atoms with Crippen molar-refractivity contribution in [1.82, 2.24) is 4.98 Å². The Labute approximate surface area is 119 Å². The molecule has 0 bridgehead atoms. The molecule has 20 heavy (non-hydrogen) atoms. The summed E-state index contributed by atoms with van der Waals surface area (Å²) >= 11 is 0. The van der Waals surface area contributed by atoms with Crippen molar-refractivity contribution in [2.75, 3.05) is 20.8 Å². The van der Waals surface area contributed by atoms with Gasteiger partial charge in [-0.05, 0) is 42.8 Å². The molecule has 2 N–H and O–H groups in total. The maximum absolute atomic E-state index is 5.91. The first-order valence-corrected chi connectivity index (χ1v) is 6.60. The van der Waals surface area contributed by atoms with E-state index in [1.54, 1.807) is 20.4 Å². The molecular formula is C16H20N2O2. The van der Waals surface area contributed by atoms with Crippen molar-refractivity contribution in [3.8, 4) is 11.5 Å². The van der Waals surface area contributed by atoms with Crippen LogP contribution >= 0.6 is 0 Å². The van der Waals surface area contributed by atoms with E-state index in [0.29, 0.717) is 6.54 Å². The topological polar surface area (TPSA) is 57.4 Å². The number of nitrogens with two attached hydrogens (primary N) is 1. The standard InChI is InChI=1S/C16H20N2O2/c1-19-15-7-6-12(10-16(15)20-2)13(11-17)9-14-5-3-4-8-18-14/h3-8,10,13H,9,11,17H2,1-2H3. The molecule has 2 aromatic rings. The Hall–Kier alpha value is -2.07. The van der Waals surface area contributed by atoms with Crippen molar-refractivity contribution in [2.24, 2.45) is 5.73 Å². The van der Waals surface area contributed by atoms with Crippen LogP contribution in [0, 0.1) is 0 Å². The minimum Gasteiger partial charge on any atom is -0.493 e. The summed E-state index contributed by atoms with van der Waals surface area (Å²) in [4.78, 5) is 4.36. The van der Waals surface area contributed by atoms with Crippen LogP contribution < -0.4 is 15.2 Å². The average Bonchev–Trinajstić information content (AvgIpc) is 2.53. The second kappa shape index (κ2) is 6.91. The highest BCUT2D eigenvalue weighted by Gasteiger charge is 2.14. The van der Waals surface area contributed by atoms with Crippen LogP contribution in [0.15, 0.2) is 42.6 Å². The van der Waals surface area contributed by atoms with E-state index < -0.39 is 0 Å². The molecule has 0 saturated carbocycles. The Kier molecular flexibility index (Phi) is 4.96. The highest BCUT2D eigenvalue weighted by molar-refractivity contribution is 5.44. The van der Waals surface area contributed by atoms with Gasteiger partial charge in [0.05, 0.1) is 14.2 Å². The highest BCUT2D eigenvalue weighted by atomic mass is 16.5. The molecule has 2 rings (SSSR count). The number of nitrogens with zero attached hydrogens (tertiary/aromatic N) is 1. The Morgan fingerprint density at radius 1 is 1.10 bits per heavy atom. The third kappa shape index (κ3) is 3.27. The first kappa shape index (κ1) is 14.3. The number of pyridine rings is 1. The average molecular weight is 272 g/mol. The van der Waals surface area contributed by atoms with Crippen molar-refractivity contribution >= 4 is 0 Å². The molecule has 0 aliphatic carbocycles. The lowest BCUT2D eigenvalue weighted by Gasteiger charge is -2.17. The fourth-order valence-electron chi connectivity index (χ4n) is 2.22. The normalized spacial score (nSPS) is 11.9. The van der Waals surface area contributed by atoms with E-state index in [9.17, 15) is 0 Å². The Morgan fingerprint density at radius 2 is 1.90 bits per heavy atom. The Balaban J connectivity index is 2.23. The van der Waals surface area contributed by atoms with Gasteiger partial charge >= 0.3 is 0 Å². The van der Waals surface area contributed by atoms with Gasteiger partial charge in [-0.3, -0.25) is 4.98 Å². The molecule has 0 saturated heterocycles. The number of rotatable bonds is 6. The second-order valence-electron chi connectivity index (χ2n) is 4.57. The molecule has 1 unspecified atom stereocenters. The molecule has 1 atom stereocenters. The molecule has 0 aliphatic rings. The summed E-state index contributed by atoms with van der Waals surface area (Å²) in [5, 5.41) is 0. The predicted molar refractivity (Wildman–Crippen MR) is 79.3 cm³/mol. The Morgan fingerprint density at radius 3 is 2.50 bits per heavy atom. The van der Waals surface area contributed by atoms with Crippen molar-refractivity contribution in [3.63, 3.8) is 0 Å². The largest absolute Gasteiger partial charge is 0.493 e. The van der Waals surface area contributed by atoms with Crippen LogP contribution in [-0.2, 0) is 6.42 Å². The third-order valence-electron chi connectivity index (χ3n) is 3.35. The summed E-state index contributed by atoms with van der Waals surface area (Å²) in [6, 6.07) is 11.8. The van der Waals surface area contributed by atoms with E-state index >= 15 is 0 Å². The fourth-order valence-corrected chi connectivity index (χ4v) is 2.22. The van der Waals surface area contributed by atoms with Gasteiger partial charge < -0.3 is 15.2 Å². The van der Waals surface area contributed by atoms with Gasteiger partial charge in [-0.1, -0.05) is 12.1 Å². The molecule has 4 heteroatoms. The van der Waals surface area contributed by atoms with Crippen molar-refractivity contribution < 1.29 is 9.47 Å². The SMILES string of the molecule is COc1ccc(C(CN)Cc2ccccn2)cc1OC. The molecule has 0 fully saturated rings. The molecule has 1 heterocycles. The van der Waals surface area contributed by atoms with Crippen molar-refractivity contribution in [1.29, 1.82) is 0 Å². The lowest BCUT2D eigenvalue weighted by atomic mass is 9.93. The zero-order chi connectivity index (χ0) is 14.4. The third-order valence-corrected chi connectivity index (χ3v) is 3.35. The molecular weight excluding hydrogens is 252 g/mol. The quantitative estimate of drug-likeness (QED) is 0.877. The van der Waals surface area contributed by atoms with E-state index in [1.165, 1.54) is 0 Å². The minimum atomic E-state index is 0.213. The van der Waals surface area contributed by atoms with Crippen LogP contribution in [0.2, 0.25) is 0 Å². The summed E-state index contributed by atoms with van der Waals surface area (Å²) in [5.74, 6) is 1.67. The maximum atomic E-state index is 5.91. The van der Waals surface area contributed by atoms with Crippen LogP contribution in [0.25, 0.3) is 0 Å². The molecule has 1 aromatic heterocycles. The molecule has 4 nitrogen and oxygen atoms in total. The molecule has 106 valence electrons. The Bertz CT molecular complexity index is 543. The summed E-state index contributed by atoms with van der Waals surface area (Å²) in [5.41, 5.74) is 8.09. The molecule has 1 aromatic carbocycles. The van der Waals surface area contributed by atoms with Gasteiger partial charge in [-0.2, -0.15) is 0 Å². The first-order chi connectivity index (χ1) is 9.78. The monoisotopic (exact) mass is 272 g/mol. The van der Waals surface area contributed by atoms with E-state index in [2.05, 4.69) is 4.98 Å². The van der Waals surface area contributed by atoms with Gasteiger partial charge in [0.15, 0.2) is 11.5 Å². The number of aromatic nitrogens is 1. The van der Waals surface area contributed by atoms with Crippen molar-refractivity contribution in [2.45, 2.75) is 12.3 Å². The van der Waals surface area contributed by atoms with Crippen LogP contribution in [0.3, 0.4) is 0 Å². The van der Waals surface area contributed by atoms with Crippen molar-refractivity contribution in [3.05, 3.63) is 53.9 Å². The molecule has 0 spiro atoms. The van der Waals surface area contributed by atoms with Crippen LogP contribution in [0.1, 0.15) is 17.2 Å². The lowest BCUT2D eigenvalue weighted by molar-refractivity contribution is 0.354. The van der Waals surface area contributed by atoms with E-state index in [4.69, 9.17) is 15.2 Å². The molecule has 0 radical (unpaired) electrons.